The van der Waals surface area contributed by atoms with E-state index in [0.29, 0.717) is 15.9 Å². The van der Waals surface area contributed by atoms with Crippen LogP contribution in [-0.4, -0.2) is 19.9 Å². The summed E-state index contributed by atoms with van der Waals surface area (Å²) in [5, 5.41) is 1.42. The minimum atomic E-state index is 0.244. The summed E-state index contributed by atoms with van der Waals surface area (Å²) in [6.07, 6.45) is 1.37. The Hall–Kier alpha value is -1.40. The fraction of sp³-hybridized carbons (Fsp3) is 0.273. The predicted molar refractivity (Wildman–Crippen MR) is 71.8 cm³/mol. The summed E-state index contributed by atoms with van der Waals surface area (Å²) in [5.74, 6) is 0. The number of hydrogen-bond acceptors (Lipinski definition) is 6. The summed E-state index contributed by atoms with van der Waals surface area (Å²) in [4.78, 5) is 16.7. The molecule has 2 aromatic rings. The molecular weight excluding hydrogens is 270 g/mol. The molecular formula is C11H12ClN5S. The van der Waals surface area contributed by atoms with Crippen molar-refractivity contribution in [3.05, 3.63) is 28.4 Å². The third kappa shape index (κ3) is 2.54. The summed E-state index contributed by atoms with van der Waals surface area (Å²) in [5.41, 5.74) is 9.14. The van der Waals surface area contributed by atoms with E-state index in [9.17, 15) is 0 Å². The summed E-state index contributed by atoms with van der Waals surface area (Å²) in [6.45, 7) is 5.89. The zero-order valence-electron chi connectivity index (χ0n) is 10.2. The zero-order valence-corrected chi connectivity index (χ0v) is 11.8. The van der Waals surface area contributed by atoms with Gasteiger partial charge in [-0.1, -0.05) is 11.6 Å². The van der Waals surface area contributed by atoms with Gasteiger partial charge in [-0.25, -0.2) is 19.9 Å². The molecule has 0 aliphatic heterocycles. The van der Waals surface area contributed by atoms with E-state index in [4.69, 9.17) is 17.3 Å². The minimum Gasteiger partial charge on any atom is -0.394 e. The molecule has 94 valence electrons. The molecule has 0 aliphatic carbocycles. The van der Waals surface area contributed by atoms with Gasteiger partial charge >= 0.3 is 0 Å². The lowest BCUT2D eigenvalue weighted by Gasteiger charge is -2.07. The van der Waals surface area contributed by atoms with E-state index in [1.54, 1.807) is 0 Å². The first-order chi connectivity index (χ1) is 8.49. The molecule has 0 atom stereocenters. The van der Waals surface area contributed by atoms with Gasteiger partial charge in [0.05, 0.1) is 0 Å². The van der Waals surface area contributed by atoms with Gasteiger partial charge in [0.2, 0.25) is 0 Å². The molecule has 2 rings (SSSR count). The Bertz CT molecular complexity index is 579. The number of halogens is 1. The highest BCUT2D eigenvalue weighted by Gasteiger charge is 2.11. The van der Waals surface area contributed by atoms with Crippen molar-refractivity contribution >= 4 is 29.1 Å². The van der Waals surface area contributed by atoms with Crippen LogP contribution in [0.3, 0.4) is 0 Å². The monoisotopic (exact) mass is 281 g/mol. The molecule has 2 heterocycles. The SMILES string of the molecule is Cc1nc(Sc2ncnc(Cl)c2N)nc(C)c1C. The molecule has 5 nitrogen and oxygen atoms in total. The van der Waals surface area contributed by atoms with Crippen LogP contribution < -0.4 is 5.73 Å². The van der Waals surface area contributed by atoms with Crippen LogP contribution in [0.4, 0.5) is 5.69 Å². The molecule has 0 unspecified atom stereocenters. The van der Waals surface area contributed by atoms with Gasteiger partial charge in [-0.15, -0.1) is 0 Å². The molecule has 7 heteroatoms. The van der Waals surface area contributed by atoms with Crippen molar-refractivity contribution in [2.75, 3.05) is 5.73 Å². The number of rotatable bonds is 2. The first-order valence-corrected chi connectivity index (χ1v) is 6.44. The highest BCUT2D eigenvalue weighted by atomic mass is 35.5. The third-order valence-corrected chi connectivity index (χ3v) is 3.78. The molecule has 0 amide bonds. The zero-order chi connectivity index (χ0) is 13.3. The number of nitrogen functional groups attached to an aromatic ring is 1. The maximum absolute atomic E-state index is 5.84. The molecule has 2 aromatic heterocycles. The van der Waals surface area contributed by atoms with E-state index in [1.807, 2.05) is 20.8 Å². The molecule has 18 heavy (non-hydrogen) atoms. The maximum Gasteiger partial charge on any atom is 0.194 e. The number of anilines is 1. The van der Waals surface area contributed by atoms with Crippen LogP contribution in [-0.2, 0) is 0 Å². The van der Waals surface area contributed by atoms with Crippen molar-refractivity contribution in [3.63, 3.8) is 0 Å². The maximum atomic E-state index is 5.84. The van der Waals surface area contributed by atoms with Gasteiger partial charge in [0.1, 0.15) is 17.0 Å². The average molecular weight is 282 g/mol. The second-order valence-electron chi connectivity index (χ2n) is 3.79. The topological polar surface area (TPSA) is 77.6 Å². The van der Waals surface area contributed by atoms with Gasteiger partial charge in [-0.05, 0) is 38.1 Å². The average Bonchev–Trinajstić information content (AvgIpc) is 2.32. The molecule has 0 aromatic carbocycles. The lowest BCUT2D eigenvalue weighted by molar-refractivity contribution is 0.877. The van der Waals surface area contributed by atoms with Crippen LogP contribution in [0.2, 0.25) is 5.15 Å². The number of aromatic nitrogens is 4. The van der Waals surface area contributed by atoms with Crippen molar-refractivity contribution in [2.45, 2.75) is 31.0 Å². The van der Waals surface area contributed by atoms with Crippen LogP contribution in [0.5, 0.6) is 0 Å². The normalized spacial score (nSPS) is 10.7. The summed E-state index contributed by atoms with van der Waals surface area (Å²) in [7, 11) is 0. The van der Waals surface area contributed by atoms with Crippen LogP contribution >= 0.6 is 23.4 Å². The van der Waals surface area contributed by atoms with Crippen LogP contribution in [0.25, 0.3) is 0 Å². The van der Waals surface area contributed by atoms with Gasteiger partial charge in [0.25, 0.3) is 0 Å². The Balaban J connectivity index is 2.37. The van der Waals surface area contributed by atoms with Crippen molar-refractivity contribution in [2.24, 2.45) is 0 Å². The van der Waals surface area contributed by atoms with Crippen molar-refractivity contribution < 1.29 is 0 Å². The molecule has 0 saturated carbocycles. The quantitative estimate of drug-likeness (QED) is 0.673. The van der Waals surface area contributed by atoms with Crippen LogP contribution in [0.1, 0.15) is 17.0 Å². The fourth-order valence-electron chi connectivity index (χ4n) is 1.31. The molecule has 0 spiro atoms. The van der Waals surface area contributed by atoms with Gasteiger partial charge in [0.15, 0.2) is 10.3 Å². The lowest BCUT2D eigenvalue weighted by atomic mass is 10.2. The van der Waals surface area contributed by atoms with Crippen molar-refractivity contribution in [3.8, 4) is 0 Å². The van der Waals surface area contributed by atoms with E-state index in [0.717, 1.165) is 17.0 Å². The summed E-state index contributed by atoms with van der Waals surface area (Å²) < 4.78 is 0. The Morgan fingerprint density at radius 2 is 1.72 bits per heavy atom. The minimum absolute atomic E-state index is 0.244. The second-order valence-corrected chi connectivity index (χ2v) is 5.10. The van der Waals surface area contributed by atoms with Crippen LogP contribution in [0, 0.1) is 20.8 Å². The first kappa shape index (κ1) is 13.0. The Labute approximate surface area is 114 Å². The number of aryl methyl sites for hydroxylation is 2. The molecule has 0 bridgehead atoms. The Morgan fingerprint density at radius 1 is 1.11 bits per heavy atom. The number of hydrogen-bond donors (Lipinski definition) is 1. The Kier molecular flexibility index (Phi) is 3.68. The smallest absolute Gasteiger partial charge is 0.194 e. The lowest BCUT2D eigenvalue weighted by Crippen LogP contribution is -2.00. The van der Waals surface area contributed by atoms with E-state index in [2.05, 4.69) is 19.9 Å². The largest absolute Gasteiger partial charge is 0.394 e. The Morgan fingerprint density at radius 3 is 2.33 bits per heavy atom. The third-order valence-electron chi connectivity index (χ3n) is 2.60. The molecule has 0 saturated heterocycles. The van der Waals surface area contributed by atoms with E-state index in [-0.39, 0.29) is 5.15 Å². The van der Waals surface area contributed by atoms with E-state index in [1.165, 1.54) is 18.1 Å². The molecule has 0 fully saturated rings. The number of nitrogens with two attached hydrogens (primary N) is 1. The summed E-state index contributed by atoms with van der Waals surface area (Å²) >= 11 is 7.12. The fourth-order valence-corrected chi connectivity index (χ4v) is 2.35. The molecule has 2 N–H and O–H groups in total. The van der Waals surface area contributed by atoms with Gasteiger partial charge < -0.3 is 5.73 Å². The van der Waals surface area contributed by atoms with E-state index < -0.39 is 0 Å². The van der Waals surface area contributed by atoms with Crippen molar-refractivity contribution in [1.29, 1.82) is 0 Å². The molecule has 0 aliphatic rings. The number of nitrogens with zero attached hydrogens (tertiary/aromatic N) is 4. The van der Waals surface area contributed by atoms with Gasteiger partial charge in [0, 0.05) is 11.4 Å². The standard InChI is InChI=1S/C11H12ClN5S/c1-5-6(2)16-11(17-7(5)3)18-10-8(13)9(12)14-4-15-10/h4H,13H2,1-3H3. The van der Waals surface area contributed by atoms with Gasteiger partial charge in [-0.3, -0.25) is 0 Å². The van der Waals surface area contributed by atoms with E-state index >= 15 is 0 Å². The highest BCUT2D eigenvalue weighted by molar-refractivity contribution is 7.99. The van der Waals surface area contributed by atoms with Crippen molar-refractivity contribution in [1.82, 2.24) is 19.9 Å². The first-order valence-electron chi connectivity index (χ1n) is 5.24. The molecule has 0 radical (unpaired) electrons. The van der Waals surface area contributed by atoms with Crippen LogP contribution in [0.15, 0.2) is 16.5 Å². The summed E-state index contributed by atoms with van der Waals surface area (Å²) in [6, 6.07) is 0. The predicted octanol–water partition coefficient (Wildman–Crippen LogP) is 2.58. The second kappa shape index (κ2) is 5.07. The van der Waals surface area contributed by atoms with Gasteiger partial charge in [-0.2, -0.15) is 0 Å². The highest BCUT2D eigenvalue weighted by Crippen LogP contribution is 2.31.